The first kappa shape index (κ1) is 15.0. The van der Waals surface area contributed by atoms with Crippen molar-refractivity contribution in [2.75, 3.05) is 13.2 Å². The van der Waals surface area contributed by atoms with E-state index in [9.17, 15) is 4.79 Å². The van der Waals surface area contributed by atoms with E-state index in [-0.39, 0.29) is 11.4 Å². The zero-order valence-corrected chi connectivity index (χ0v) is 12.9. The van der Waals surface area contributed by atoms with E-state index in [1.165, 1.54) is 0 Å². The number of nitrogens with zero attached hydrogens (tertiary/aromatic N) is 2. The van der Waals surface area contributed by atoms with Gasteiger partial charge in [-0.05, 0) is 46.1 Å². The van der Waals surface area contributed by atoms with Crippen molar-refractivity contribution in [3.8, 4) is 0 Å². The number of amides is 1. The maximum atomic E-state index is 12.4. The number of carbonyl (C=O) groups is 1. The lowest BCUT2D eigenvalue weighted by Crippen LogP contribution is -2.49. The van der Waals surface area contributed by atoms with E-state index >= 15 is 0 Å². The van der Waals surface area contributed by atoms with Gasteiger partial charge in [-0.2, -0.15) is 5.10 Å². The van der Waals surface area contributed by atoms with Gasteiger partial charge in [0.25, 0.3) is 5.91 Å². The van der Waals surface area contributed by atoms with Crippen LogP contribution in [0.1, 0.15) is 62.3 Å². The number of aromatic nitrogens is 2. The summed E-state index contributed by atoms with van der Waals surface area (Å²) in [6, 6.07) is 2.18. The van der Waals surface area contributed by atoms with Crippen LogP contribution in [0.15, 0.2) is 6.07 Å². The minimum Gasteiger partial charge on any atom is -0.381 e. The first-order chi connectivity index (χ1) is 9.45. The van der Waals surface area contributed by atoms with Crippen LogP contribution in [0.4, 0.5) is 0 Å². The van der Waals surface area contributed by atoms with Gasteiger partial charge in [-0.15, -0.1) is 0 Å². The van der Waals surface area contributed by atoms with Gasteiger partial charge in [0.05, 0.1) is 0 Å². The summed E-state index contributed by atoms with van der Waals surface area (Å²) < 4.78 is 7.28. The third kappa shape index (κ3) is 3.20. The van der Waals surface area contributed by atoms with Gasteiger partial charge in [-0.1, -0.05) is 6.92 Å². The summed E-state index contributed by atoms with van der Waals surface area (Å²) in [4.78, 5) is 12.4. The van der Waals surface area contributed by atoms with E-state index in [2.05, 4.69) is 31.2 Å². The molecule has 112 valence electrons. The second kappa shape index (κ2) is 5.95. The summed E-state index contributed by atoms with van der Waals surface area (Å²) in [7, 11) is 0. The Kier molecular flexibility index (Phi) is 4.48. The smallest absolute Gasteiger partial charge is 0.272 e. The molecule has 1 atom stereocenters. The summed E-state index contributed by atoms with van der Waals surface area (Å²) >= 11 is 0. The minimum absolute atomic E-state index is 0.0837. The highest BCUT2D eigenvalue weighted by Crippen LogP contribution is 2.21. The van der Waals surface area contributed by atoms with Crippen molar-refractivity contribution in [1.29, 1.82) is 0 Å². The molecule has 0 bridgehead atoms. The van der Waals surface area contributed by atoms with Gasteiger partial charge in [-0.25, -0.2) is 0 Å². The zero-order valence-electron chi connectivity index (χ0n) is 12.9. The molecule has 2 heterocycles. The van der Waals surface area contributed by atoms with E-state index < -0.39 is 0 Å². The topological polar surface area (TPSA) is 56.2 Å². The Bertz CT molecular complexity index is 475. The van der Waals surface area contributed by atoms with Crippen LogP contribution in [-0.2, 0) is 4.74 Å². The van der Waals surface area contributed by atoms with Crippen molar-refractivity contribution in [1.82, 2.24) is 15.1 Å². The summed E-state index contributed by atoms with van der Waals surface area (Å²) in [5.74, 6) is -0.0837. The lowest BCUT2D eigenvalue weighted by atomic mass is 9.92. The van der Waals surface area contributed by atoms with E-state index in [1.54, 1.807) is 0 Å². The van der Waals surface area contributed by atoms with Crippen LogP contribution in [0.25, 0.3) is 0 Å². The molecule has 0 radical (unpaired) electrons. The maximum Gasteiger partial charge on any atom is 0.272 e. The van der Waals surface area contributed by atoms with E-state index in [4.69, 9.17) is 4.74 Å². The summed E-state index contributed by atoms with van der Waals surface area (Å²) in [6.07, 6.45) is 2.70. The Morgan fingerprint density at radius 2 is 2.20 bits per heavy atom. The molecular formula is C15H25N3O2. The Labute approximate surface area is 120 Å². The monoisotopic (exact) mass is 279 g/mol. The number of hydrogen-bond acceptors (Lipinski definition) is 3. The first-order valence-corrected chi connectivity index (χ1v) is 7.41. The number of nitrogens with one attached hydrogen (secondary N) is 1. The molecule has 5 nitrogen and oxygen atoms in total. The molecule has 20 heavy (non-hydrogen) atoms. The van der Waals surface area contributed by atoms with Crippen LogP contribution < -0.4 is 5.32 Å². The summed E-state index contributed by atoms with van der Waals surface area (Å²) in [6.45, 7) is 9.71. The van der Waals surface area contributed by atoms with Gasteiger partial charge < -0.3 is 10.1 Å². The Balaban J connectivity index is 2.09. The molecule has 0 saturated carbocycles. The average molecular weight is 279 g/mol. The van der Waals surface area contributed by atoms with Gasteiger partial charge in [0, 0.05) is 30.5 Å². The fourth-order valence-corrected chi connectivity index (χ4v) is 2.50. The molecule has 1 saturated heterocycles. The van der Waals surface area contributed by atoms with Crippen molar-refractivity contribution in [2.24, 2.45) is 0 Å². The Morgan fingerprint density at radius 3 is 2.80 bits per heavy atom. The molecular weight excluding hydrogens is 254 g/mol. The first-order valence-electron chi connectivity index (χ1n) is 7.41. The highest BCUT2D eigenvalue weighted by molar-refractivity contribution is 5.92. The van der Waals surface area contributed by atoms with Gasteiger partial charge in [-0.3, -0.25) is 9.48 Å². The molecule has 1 unspecified atom stereocenters. The lowest BCUT2D eigenvalue weighted by Gasteiger charge is -2.34. The predicted octanol–water partition coefficient (Wildman–Crippen LogP) is 2.46. The molecule has 0 aliphatic carbocycles. The predicted molar refractivity (Wildman–Crippen MR) is 77.9 cm³/mol. The highest BCUT2D eigenvalue weighted by Gasteiger charge is 2.30. The number of rotatable bonds is 4. The van der Waals surface area contributed by atoms with Crippen molar-refractivity contribution in [2.45, 2.75) is 58.5 Å². The SMILES string of the molecule is CCC(C)n1nc(C(=O)NC2(C)CCOCC2)cc1C. The molecule has 1 N–H and O–H groups in total. The summed E-state index contributed by atoms with van der Waals surface area (Å²) in [5, 5.41) is 7.56. The molecule has 1 aliphatic heterocycles. The quantitative estimate of drug-likeness (QED) is 0.921. The number of carbonyl (C=O) groups excluding carboxylic acids is 1. The summed E-state index contributed by atoms with van der Waals surface area (Å²) in [5.41, 5.74) is 1.36. The molecule has 1 fully saturated rings. The third-order valence-electron chi connectivity index (χ3n) is 4.18. The second-order valence-electron chi connectivity index (χ2n) is 6.00. The van der Waals surface area contributed by atoms with Gasteiger partial charge in [0.2, 0.25) is 0 Å². The minimum atomic E-state index is -0.177. The fraction of sp³-hybridized carbons (Fsp3) is 0.733. The van der Waals surface area contributed by atoms with Crippen LogP contribution >= 0.6 is 0 Å². The average Bonchev–Trinajstić information content (AvgIpc) is 2.80. The maximum absolute atomic E-state index is 12.4. The van der Waals surface area contributed by atoms with Crippen LogP contribution in [-0.4, -0.2) is 34.4 Å². The van der Waals surface area contributed by atoms with Crippen molar-refractivity contribution in [3.63, 3.8) is 0 Å². The largest absolute Gasteiger partial charge is 0.381 e. The van der Waals surface area contributed by atoms with Gasteiger partial charge in [0.1, 0.15) is 5.69 Å². The molecule has 0 aromatic carbocycles. The second-order valence-corrected chi connectivity index (χ2v) is 6.00. The van der Waals surface area contributed by atoms with E-state index in [0.717, 1.165) is 25.0 Å². The lowest BCUT2D eigenvalue weighted by molar-refractivity contribution is 0.0421. The standard InChI is InChI=1S/C15H25N3O2/c1-5-11(2)18-12(3)10-13(17-18)14(19)16-15(4)6-8-20-9-7-15/h10-11H,5-9H2,1-4H3,(H,16,19). The molecule has 1 aromatic rings. The highest BCUT2D eigenvalue weighted by atomic mass is 16.5. The van der Waals surface area contributed by atoms with Gasteiger partial charge >= 0.3 is 0 Å². The van der Waals surface area contributed by atoms with Crippen molar-refractivity contribution >= 4 is 5.91 Å². The van der Waals surface area contributed by atoms with Crippen LogP contribution in [0.3, 0.4) is 0 Å². The van der Waals surface area contributed by atoms with Crippen molar-refractivity contribution in [3.05, 3.63) is 17.5 Å². The fourth-order valence-electron chi connectivity index (χ4n) is 2.50. The molecule has 0 spiro atoms. The van der Waals surface area contributed by atoms with Crippen LogP contribution in [0.2, 0.25) is 0 Å². The molecule has 2 rings (SSSR count). The number of aryl methyl sites for hydroxylation is 1. The molecule has 1 amide bonds. The van der Waals surface area contributed by atoms with Crippen molar-refractivity contribution < 1.29 is 9.53 Å². The van der Waals surface area contributed by atoms with Gasteiger partial charge in [0.15, 0.2) is 0 Å². The zero-order chi connectivity index (χ0) is 14.8. The van der Waals surface area contributed by atoms with E-state index in [1.807, 2.05) is 17.7 Å². The number of hydrogen-bond donors (Lipinski definition) is 1. The molecule has 1 aromatic heterocycles. The third-order valence-corrected chi connectivity index (χ3v) is 4.18. The van der Waals surface area contributed by atoms with Crippen LogP contribution in [0.5, 0.6) is 0 Å². The molecule has 1 aliphatic rings. The number of ether oxygens (including phenoxy) is 1. The van der Waals surface area contributed by atoms with E-state index in [0.29, 0.717) is 24.9 Å². The van der Waals surface area contributed by atoms with Crippen LogP contribution in [0, 0.1) is 6.92 Å². The normalized spacial score (nSPS) is 19.6. The Morgan fingerprint density at radius 1 is 1.55 bits per heavy atom. The Hall–Kier alpha value is -1.36. The molecule has 5 heteroatoms.